The van der Waals surface area contributed by atoms with Gasteiger partial charge in [0.15, 0.2) is 12.6 Å². The Hall–Kier alpha value is -5.17. The molecular weight excluding hydrogens is 675 g/mol. The van der Waals surface area contributed by atoms with Crippen LogP contribution < -0.4 is 14.4 Å². The largest absolute Gasteiger partial charge is 0.468 e. The van der Waals surface area contributed by atoms with Gasteiger partial charge in [0.1, 0.15) is 29.3 Å². The first-order valence-electron chi connectivity index (χ1n) is 18.2. The number of carbonyl (C=O) groups is 1. The predicted octanol–water partition coefficient (Wildman–Crippen LogP) is 6.90. The minimum absolute atomic E-state index is 0.0180. The zero-order valence-corrected chi connectivity index (χ0v) is 30.8. The minimum atomic E-state index is -0.689. The van der Waals surface area contributed by atoms with Crippen LogP contribution in [0, 0.1) is 29.5 Å². The summed E-state index contributed by atoms with van der Waals surface area (Å²) in [6.45, 7) is 8.88. The highest BCUT2D eigenvalue weighted by atomic mass is 19.1. The number of piperazine rings is 1. The molecule has 276 valence electrons. The zero-order valence-electron chi connectivity index (χ0n) is 30.8. The fourth-order valence-corrected chi connectivity index (χ4v) is 8.13. The molecule has 3 saturated heterocycles. The summed E-state index contributed by atoms with van der Waals surface area (Å²) < 4.78 is 40.4. The van der Waals surface area contributed by atoms with Crippen LogP contribution in [0.25, 0.3) is 32.8 Å². The third-order valence-electron chi connectivity index (χ3n) is 10.5. The quantitative estimate of drug-likeness (QED) is 0.134. The number of nitrogens with zero attached hydrogens (tertiary/aromatic N) is 6. The molecule has 0 spiro atoms. The lowest BCUT2D eigenvalue weighted by atomic mass is 9.93. The van der Waals surface area contributed by atoms with Crippen LogP contribution in [0.4, 0.5) is 15.0 Å². The number of methoxy groups -OCH3 is 1. The number of carbonyl (C=O) groups excluding carboxylic acids is 1. The Bertz CT molecular complexity index is 2110. The Kier molecular flexibility index (Phi) is 10.0. The number of terminal acetylenes is 1. The maximum absolute atomic E-state index is 17.3. The number of anilines is 1. The van der Waals surface area contributed by atoms with E-state index < -0.39 is 23.6 Å². The number of nitriles is 1. The minimum Gasteiger partial charge on any atom is -0.468 e. The van der Waals surface area contributed by atoms with Crippen molar-refractivity contribution in [2.24, 2.45) is 0 Å². The third kappa shape index (κ3) is 7.14. The standard InChI is InChI=1S/C41H45FN6O5/c1-6-27-10-7-11-28-22-30(52-26-50-5)23-33(34(27)28)31-12-13-32-36(35(31)42)44-38(51-25-41-15-8-18-47(41)19-9-16-41)45-37(32)46-20-21-48(29(24-46)14-17-43)39(49)53-40(2,3)4/h1,7,10-13,22-23,29H,8-9,14-16,18-21,24-26H2,2-5H3/t29-/m0/s1. The van der Waals surface area contributed by atoms with Gasteiger partial charge in [0, 0.05) is 48.6 Å². The van der Waals surface area contributed by atoms with Crippen molar-refractivity contribution in [3.63, 3.8) is 0 Å². The van der Waals surface area contributed by atoms with Gasteiger partial charge in [0.25, 0.3) is 0 Å². The second kappa shape index (κ2) is 14.7. The monoisotopic (exact) mass is 720 g/mol. The maximum Gasteiger partial charge on any atom is 0.410 e. The number of benzene rings is 3. The van der Waals surface area contributed by atoms with Crippen LogP contribution >= 0.6 is 0 Å². The molecule has 0 unspecified atom stereocenters. The molecule has 7 rings (SSSR count). The molecule has 3 aliphatic rings. The lowest BCUT2D eigenvalue weighted by Crippen LogP contribution is -2.56. The van der Waals surface area contributed by atoms with Gasteiger partial charge < -0.3 is 28.7 Å². The molecule has 11 nitrogen and oxygen atoms in total. The molecule has 4 aromatic rings. The van der Waals surface area contributed by atoms with Crippen LogP contribution in [-0.4, -0.2) is 96.3 Å². The molecule has 3 aromatic carbocycles. The molecule has 4 heterocycles. The number of amides is 1. The van der Waals surface area contributed by atoms with Crippen molar-refractivity contribution in [1.29, 1.82) is 5.26 Å². The molecule has 1 aromatic heterocycles. The van der Waals surface area contributed by atoms with E-state index in [0.29, 0.717) is 46.6 Å². The molecule has 3 aliphatic heterocycles. The second-order valence-electron chi connectivity index (χ2n) is 15.1. The smallest absolute Gasteiger partial charge is 0.410 e. The number of halogens is 1. The van der Waals surface area contributed by atoms with Gasteiger partial charge in [-0.25, -0.2) is 9.18 Å². The number of fused-ring (bicyclic) bond motifs is 3. The first-order chi connectivity index (χ1) is 25.5. The fourth-order valence-electron chi connectivity index (χ4n) is 8.13. The second-order valence-corrected chi connectivity index (χ2v) is 15.1. The van der Waals surface area contributed by atoms with Gasteiger partial charge >= 0.3 is 12.1 Å². The van der Waals surface area contributed by atoms with Gasteiger partial charge in [0.05, 0.1) is 24.1 Å². The molecule has 0 aliphatic carbocycles. The number of hydrogen-bond acceptors (Lipinski definition) is 10. The summed E-state index contributed by atoms with van der Waals surface area (Å²) in [6, 6.07) is 14.6. The lowest BCUT2D eigenvalue weighted by Gasteiger charge is -2.41. The third-order valence-corrected chi connectivity index (χ3v) is 10.5. The van der Waals surface area contributed by atoms with E-state index >= 15 is 4.39 Å². The summed E-state index contributed by atoms with van der Waals surface area (Å²) in [4.78, 5) is 28.9. The van der Waals surface area contributed by atoms with Gasteiger partial charge in [0.2, 0.25) is 0 Å². The molecule has 3 fully saturated rings. The molecule has 1 atom stereocenters. The fraction of sp³-hybridized carbons (Fsp3) is 0.463. The zero-order chi connectivity index (χ0) is 37.3. The first kappa shape index (κ1) is 36.2. The van der Waals surface area contributed by atoms with E-state index in [0.717, 1.165) is 44.2 Å². The van der Waals surface area contributed by atoms with Crippen LogP contribution in [0.3, 0.4) is 0 Å². The molecule has 53 heavy (non-hydrogen) atoms. The van der Waals surface area contributed by atoms with Crippen LogP contribution in [0.5, 0.6) is 11.8 Å². The lowest BCUT2D eigenvalue weighted by molar-refractivity contribution is 0.0145. The average molecular weight is 721 g/mol. The Morgan fingerprint density at radius 1 is 1.06 bits per heavy atom. The SMILES string of the molecule is C#Cc1cccc2cc(OCOC)cc(-c3ccc4c(N5CCN(C(=O)OC(C)(C)C)[C@@H](CC#N)C5)nc(OCC56CCCN5CCC6)nc4c3F)c12. The Morgan fingerprint density at radius 3 is 2.57 bits per heavy atom. The van der Waals surface area contributed by atoms with Gasteiger partial charge in [-0.2, -0.15) is 15.2 Å². The van der Waals surface area contributed by atoms with Crippen LogP contribution in [0.15, 0.2) is 42.5 Å². The molecule has 0 saturated carbocycles. The Morgan fingerprint density at radius 2 is 1.85 bits per heavy atom. The summed E-state index contributed by atoms with van der Waals surface area (Å²) in [5.41, 5.74) is 0.781. The summed E-state index contributed by atoms with van der Waals surface area (Å²) in [5.74, 6) is 3.17. The van der Waals surface area contributed by atoms with Crippen molar-refractivity contribution in [2.75, 3.05) is 58.1 Å². The van der Waals surface area contributed by atoms with Crippen LogP contribution in [0.1, 0.15) is 58.4 Å². The summed E-state index contributed by atoms with van der Waals surface area (Å²) in [5, 5.41) is 11.7. The number of aromatic nitrogens is 2. The van der Waals surface area contributed by atoms with E-state index in [9.17, 15) is 10.1 Å². The van der Waals surface area contributed by atoms with Crippen molar-refractivity contribution in [1.82, 2.24) is 19.8 Å². The van der Waals surface area contributed by atoms with Crippen molar-refractivity contribution in [3.05, 3.63) is 53.8 Å². The summed E-state index contributed by atoms with van der Waals surface area (Å²) >= 11 is 0. The molecule has 0 bridgehead atoms. The normalized spacial score (nSPS) is 18.5. The van der Waals surface area contributed by atoms with Crippen LogP contribution in [0.2, 0.25) is 0 Å². The number of rotatable bonds is 9. The summed E-state index contributed by atoms with van der Waals surface area (Å²) in [6.07, 6.45) is 9.83. The van der Waals surface area contributed by atoms with Gasteiger partial charge in [-0.15, -0.1) is 6.42 Å². The van der Waals surface area contributed by atoms with Crippen LogP contribution in [-0.2, 0) is 9.47 Å². The van der Waals surface area contributed by atoms with Crippen molar-refractivity contribution in [3.8, 4) is 41.3 Å². The predicted molar refractivity (Wildman–Crippen MR) is 200 cm³/mol. The highest BCUT2D eigenvalue weighted by Crippen LogP contribution is 2.42. The van der Waals surface area contributed by atoms with Crippen molar-refractivity contribution >= 4 is 33.6 Å². The van der Waals surface area contributed by atoms with Crippen molar-refractivity contribution < 1.29 is 28.1 Å². The highest BCUT2D eigenvalue weighted by Gasteiger charge is 2.45. The Labute approximate surface area is 309 Å². The molecule has 0 N–H and O–H groups in total. The molecule has 0 radical (unpaired) electrons. The van der Waals surface area contributed by atoms with Gasteiger partial charge in [-0.05, 0) is 94.8 Å². The maximum atomic E-state index is 17.3. The van der Waals surface area contributed by atoms with E-state index in [1.165, 1.54) is 7.11 Å². The van der Waals surface area contributed by atoms with E-state index in [1.54, 1.807) is 17.0 Å². The topological polar surface area (TPSA) is 113 Å². The Balaban J connectivity index is 1.34. The van der Waals surface area contributed by atoms with E-state index in [-0.39, 0.29) is 48.9 Å². The highest BCUT2D eigenvalue weighted by molar-refractivity contribution is 6.04. The number of ether oxygens (including phenoxy) is 4. The summed E-state index contributed by atoms with van der Waals surface area (Å²) in [7, 11) is 1.54. The van der Waals surface area contributed by atoms with E-state index in [1.807, 2.05) is 56.0 Å². The number of hydrogen-bond donors (Lipinski definition) is 0. The van der Waals surface area contributed by atoms with Crippen molar-refractivity contribution in [2.45, 2.75) is 70.1 Å². The van der Waals surface area contributed by atoms with Gasteiger partial charge in [-0.3, -0.25) is 4.90 Å². The average Bonchev–Trinajstić information content (AvgIpc) is 3.73. The van der Waals surface area contributed by atoms with E-state index in [2.05, 4.69) is 16.9 Å². The van der Waals surface area contributed by atoms with Gasteiger partial charge in [-0.1, -0.05) is 24.1 Å². The van der Waals surface area contributed by atoms with E-state index in [4.69, 9.17) is 35.3 Å². The molecule has 1 amide bonds. The first-order valence-corrected chi connectivity index (χ1v) is 18.2. The molecular formula is C41H45FN6O5. The molecule has 12 heteroatoms.